The van der Waals surface area contributed by atoms with E-state index in [0.29, 0.717) is 36.7 Å². The van der Waals surface area contributed by atoms with Gasteiger partial charge in [-0.05, 0) is 43.2 Å². The maximum absolute atomic E-state index is 13.1. The third-order valence-electron chi connectivity index (χ3n) is 5.35. The Morgan fingerprint density at radius 3 is 2.59 bits per heavy atom. The van der Waals surface area contributed by atoms with Crippen LogP contribution in [0.15, 0.2) is 79.3 Å². The fraction of sp³-hybridized carbons (Fsp3) is 0.222. The fourth-order valence-corrected chi connectivity index (χ4v) is 3.56. The summed E-state index contributed by atoms with van der Waals surface area (Å²) < 4.78 is 11.7. The lowest BCUT2D eigenvalue weighted by molar-refractivity contribution is 0.0933. The number of H-pyrrole nitrogens is 1. The number of aromatic nitrogens is 3. The van der Waals surface area contributed by atoms with Crippen LogP contribution in [0.1, 0.15) is 48.1 Å². The zero-order valence-electron chi connectivity index (χ0n) is 19.3. The first-order chi connectivity index (χ1) is 16.7. The Bertz CT molecular complexity index is 1210. The third-order valence-corrected chi connectivity index (χ3v) is 5.35. The first kappa shape index (κ1) is 23.0. The molecule has 0 aliphatic rings. The molecule has 0 bridgehead atoms. The van der Waals surface area contributed by atoms with Gasteiger partial charge >= 0.3 is 0 Å². The summed E-state index contributed by atoms with van der Waals surface area (Å²) in [6, 6.07) is 18.7. The molecule has 2 heterocycles. The van der Waals surface area contributed by atoms with Crippen molar-refractivity contribution < 1.29 is 14.3 Å². The summed E-state index contributed by atoms with van der Waals surface area (Å²) in [4.78, 5) is 25.0. The summed E-state index contributed by atoms with van der Waals surface area (Å²) in [5.41, 5.74) is 3.40. The summed E-state index contributed by atoms with van der Waals surface area (Å²) in [5, 5.41) is 3.07. The maximum atomic E-state index is 13.1. The molecule has 1 unspecified atom stereocenters. The van der Waals surface area contributed by atoms with Gasteiger partial charge in [0.2, 0.25) is 0 Å². The molecule has 0 spiro atoms. The molecule has 0 saturated carbocycles. The second-order valence-electron chi connectivity index (χ2n) is 7.73. The van der Waals surface area contributed by atoms with Crippen molar-refractivity contribution in [3.8, 4) is 22.8 Å². The number of hydrogen-bond acceptors (Lipinski definition) is 5. The van der Waals surface area contributed by atoms with Gasteiger partial charge in [-0.15, -0.1) is 0 Å². The molecule has 0 aliphatic carbocycles. The van der Waals surface area contributed by atoms with Gasteiger partial charge < -0.3 is 19.8 Å². The number of nitrogens with zero attached hydrogens (tertiary/aromatic N) is 2. The molecule has 1 atom stereocenters. The van der Waals surface area contributed by atoms with E-state index in [9.17, 15) is 4.79 Å². The Morgan fingerprint density at radius 1 is 1.00 bits per heavy atom. The van der Waals surface area contributed by atoms with Crippen LogP contribution in [0.25, 0.3) is 11.3 Å². The molecule has 174 valence electrons. The second kappa shape index (κ2) is 11.1. The number of carbonyl (C=O) groups excluding carboxylic acids is 1. The maximum Gasteiger partial charge on any atom is 0.252 e. The Morgan fingerprint density at radius 2 is 1.85 bits per heavy atom. The SMILES string of the molecule is CCOc1cc(C(=O)NC(CC)c2ncc(-c3ccccc3)[nH]2)ccc1OCc1cccnc1. The molecule has 2 aromatic carbocycles. The molecule has 0 aliphatic heterocycles. The Kier molecular flexibility index (Phi) is 7.55. The fourth-order valence-electron chi connectivity index (χ4n) is 3.56. The molecule has 7 nitrogen and oxygen atoms in total. The van der Waals surface area contributed by atoms with Crippen LogP contribution in [-0.4, -0.2) is 27.5 Å². The van der Waals surface area contributed by atoms with Crippen molar-refractivity contribution in [3.05, 3.63) is 96.2 Å². The van der Waals surface area contributed by atoms with Crippen LogP contribution in [0.5, 0.6) is 11.5 Å². The molecule has 0 saturated heterocycles. The molecule has 0 radical (unpaired) electrons. The van der Waals surface area contributed by atoms with Gasteiger partial charge in [-0.1, -0.05) is 43.3 Å². The van der Waals surface area contributed by atoms with Gasteiger partial charge in [0.1, 0.15) is 12.4 Å². The van der Waals surface area contributed by atoms with Gasteiger partial charge in [-0.3, -0.25) is 9.78 Å². The zero-order valence-corrected chi connectivity index (χ0v) is 19.3. The number of carbonyl (C=O) groups is 1. The summed E-state index contributed by atoms with van der Waals surface area (Å²) in [6.45, 7) is 4.73. The standard InChI is InChI=1S/C27H28N4O3/c1-3-22(26-29-17-23(30-26)20-10-6-5-7-11-20)31-27(32)21-12-13-24(25(15-21)33-4-2)34-18-19-9-8-14-28-16-19/h5-17,22H,3-4,18H2,1-2H3,(H,29,30)(H,31,32). The topological polar surface area (TPSA) is 89.1 Å². The molecule has 34 heavy (non-hydrogen) atoms. The van der Waals surface area contributed by atoms with Gasteiger partial charge in [0, 0.05) is 23.5 Å². The number of nitrogens with one attached hydrogen (secondary N) is 2. The first-order valence-corrected chi connectivity index (χ1v) is 11.4. The Labute approximate surface area is 199 Å². The van der Waals surface area contributed by atoms with E-state index in [4.69, 9.17) is 9.47 Å². The van der Waals surface area contributed by atoms with E-state index < -0.39 is 0 Å². The van der Waals surface area contributed by atoms with Crippen LogP contribution in [0, 0.1) is 0 Å². The summed E-state index contributed by atoms with van der Waals surface area (Å²) >= 11 is 0. The monoisotopic (exact) mass is 456 g/mol. The Hall–Kier alpha value is -4.13. The third kappa shape index (κ3) is 5.61. The highest BCUT2D eigenvalue weighted by Crippen LogP contribution is 2.30. The van der Waals surface area contributed by atoms with E-state index in [1.807, 2.05) is 56.3 Å². The molecule has 0 fully saturated rings. The van der Waals surface area contributed by atoms with Crippen molar-refractivity contribution in [2.24, 2.45) is 0 Å². The zero-order chi connectivity index (χ0) is 23.8. The van der Waals surface area contributed by atoms with Crippen molar-refractivity contribution in [1.29, 1.82) is 0 Å². The van der Waals surface area contributed by atoms with Crippen LogP contribution in [0.3, 0.4) is 0 Å². The summed E-state index contributed by atoms with van der Waals surface area (Å²) in [6.07, 6.45) is 5.96. The van der Waals surface area contributed by atoms with Crippen LogP contribution < -0.4 is 14.8 Å². The first-order valence-electron chi connectivity index (χ1n) is 11.4. The highest BCUT2D eigenvalue weighted by atomic mass is 16.5. The van der Waals surface area contributed by atoms with E-state index in [2.05, 4.69) is 20.3 Å². The molecule has 2 aromatic heterocycles. The number of rotatable bonds is 10. The number of amides is 1. The molecule has 4 aromatic rings. The predicted molar refractivity (Wildman–Crippen MR) is 131 cm³/mol. The molecule has 7 heteroatoms. The lowest BCUT2D eigenvalue weighted by atomic mass is 10.1. The minimum atomic E-state index is -0.248. The average molecular weight is 457 g/mol. The number of benzene rings is 2. The lowest BCUT2D eigenvalue weighted by Crippen LogP contribution is -2.29. The normalized spacial score (nSPS) is 11.6. The smallest absolute Gasteiger partial charge is 0.252 e. The average Bonchev–Trinajstić information content (AvgIpc) is 3.38. The molecular weight excluding hydrogens is 428 g/mol. The Balaban J connectivity index is 1.47. The highest BCUT2D eigenvalue weighted by Gasteiger charge is 2.19. The quantitative estimate of drug-likeness (QED) is 0.337. The number of ether oxygens (including phenoxy) is 2. The molecule has 1 amide bonds. The van der Waals surface area contributed by atoms with E-state index in [1.54, 1.807) is 36.8 Å². The van der Waals surface area contributed by atoms with Crippen LogP contribution in [0.2, 0.25) is 0 Å². The second-order valence-corrected chi connectivity index (χ2v) is 7.73. The van der Waals surface area contributed by atoms with Gasteiger partial charge in [0.25, 0.3) is 5.91 Å². The molecular formula is C27H28N4O3. The lowest BCUT2D eigenvalue weighted by Gasteiger charge is -2.17. The number of aromatic amines is 1. The number of pyridine rings is 1. The minimum Gasteiger partial charge on any atom is -0.490 e. The predicted octanol–water partition coefficient (Wildman–Crippen LogP) is 5.33. The number of imidazole rings is 1. The van der Waals surface area contributed by atoms with Crippen LogP contribution >= 0.6 is 0 Å². The van der Waals surface area contributed by atoms with E-state index in [0.717, 1.165) is 22.6 Å². The van der Waals surface area contributed by atoms with E-state index in [-0.39, 0.29) is 11.9 Å². The molecule has 4 rings (SSSR count). The largest absolute Gasteiger partial charge is 0.490 e. The van der Waals surface area contributed by atoms with Gasteiger partial charge in [0.15, 0.2) is 11.5 Å². The minimum absolute atomic E-state index is 0.204. The van der Waals surface area contributed by atoms with Gasteiger partial charge in [-0.25, -0.2) is 4.98 Å². The van der Waals surface area contributed by atoms with Crippen molar-refractivity contribution in [2.45, 2.75) is 32.9 Å². The number of hydrogen-bond donors (Lipinski definition) is 2. The van der Waals surface area contributed by atoms with Crippen molar-refractivity contribution in [3.63, 3.8) is 0 Å². The van der Waals surface area contributed by atoms with Crippen LogP contribution in [0.4, 0.5) is 0 Å². The molecule has 2 N–H and O–H groups in total. The summed E-state index contributed by atoms with van der Waals surface area (Å²) in [5.74, 6) is 1.62. The van der Waals surface area contributed by atoms with Gasteiger partial charge in [-0.2, -0.15) is 0 Å². The summed E-state index contributed by atoms with van der Waals surface area (Å²) in [7, 11) is 0. The van der Waals surface area contributed by atoms with Gasteiger partial charge in [0.05, 0.1) is 24.5 Å². The highest BCUT2D eigenvalue weighted by molar-refractivity contribution is 5.95. The van der Waals surface area contributed by atoms with E-state index >= 15 is 0 Å². The van der Waals surface area contributed by atoms with E-state index in [1.165, 1.54) is 0 Å². The van der Waals surface area contributed by atoms with Crippen molar-refractivity contribution >= 4 is 5.91 Å². The van der Waals surface area contributed by atoms with Crippen molar-refractivity contribution in [2.75, 3.05) is 6.61 Å². The van der Waals surface area contributed by atoms with Crippen molar-refractivity contribution in [1.82, 2.24) is 20.3 Å². The van der Waals surface area contributed by atoms with Crippen LogP contribution in [-0.2, 0) is 6.61 Å².